The predicted octanol–water partition coefficient (Wildman–Crippen LogP) is 7.40. The summed E-state index contributed by atoms with van der Waals surface area (Å²) in [5.74, 6) is -1.60. The molecule has 2 atom stereocenters. The van der Waals surface area contributed by atoms with Gasteiger partial charge >= 0.3 is 0 Å². The quantitative estimate of drug-likeness (QED) is 0.119. The molecule has 1 saturated heterocycles. The number of fused-ring (bicyclic) bond motifs is 1. The maximum absolute atomic E-state index is 14.7. The molecule has 2 amide bonds. The highest BCUT2D eigenvalue weighted by Crippen LogP contribution is 2.64. The first-order valence-electron chi connectivity index (χ1n) is 13.5. The maximum Gasteiger partial charge on any atom is 0.239 e. The first-order valence-corrected chi connectivity index (χ1v) is 14.5. The Morgan fingerprint density at radius 2 is 1.32 bits per heavy atom. The molecule has 1 fully saturated rings. The van der Waals surface area contributed by atoms with Crippen molar-refractivity contribution in [3.8, 4) is 0 Å². The number of imide groups is 1. The molecule has 4 nitrogen and oxygen atoms in total. The van der Waals surface area contributed by atoms with E-state index in [1.165, 1.54) is 4.90 Å². The number of hydrogen-bond acceptors (Lipinski definition) is 3. The normalized spacial score (nSPS) is 24.4. The number of benzene rings is 5. The number of hydrogen-bond donors (Lipinski definition) is 0. The summed E-state index contributed by atoms with van der Waals surface area (Å²) >= 11 is 2.30. The number of amides is 2. The molecule has 5 heteroatoms. The first kappa shape index (κ1) is 23.8. The molecule has 1 heterocycles. The van der Waals surface area contributed by atoms with Gasteiger partial charge in [-0.05, 0) is 68.4 Å². The zero-order chi connectivity index (χ0) is 27.0. The Morgan fingerprint density at radius 1 is 0.700 bits per heavy atom. The average molecular weight is 630 g/mol. The molecule has 40 heavy (non-hydrogen) atoms. The van der Waals surface area contributed by atoms with Gasteiger partial charge in [-0.2, -0.15) is 0 Å². The van der Waals surface area contributed by atoms with E-state index in [0.717, 1.165) is 42.3 Å². The second-order valence-electron chi connectivity index (χ2n) is 10.7. The summed E-state index contributed by atoms with van der Waals surface area (Å²) in [5.41, 5.74) is 4.97. The Hall–Kier alpha value is -4.10. The van der Waals surface area contributed by atoms with Crippen molar-refractivity contribution in [1.82, 2.24) is 0 Å². The summed E-state index contributed by atoms with van der Waals surface area (Å²) < 4.78 is 1.03. The number of nitrogens with zero attached hydrogens (tertiary/aromatic N) is 2. The zero-order valence-electron chi connectivity index (χ0n) is 21.4. The fourth-order valence-corrected chi connectivity index (χ4v) is 7.94. The first-order chi connectivity index (χ1) is 19.6. The maximum atomic E-state index is 14.7. The van der Waals surface area contributed by atoms with Crippen LogP contribution in [0.1, 0.15) is 28.2 Å². The van der Waals surface area contributed by atoms with E-state index >= 15 is 0 Å². The van der Waals surface area contributed by atoms with Crippen LogP contribution in [0, 0.1) is 15.4 Å². The number of para-hydroxylation sites is 1. The monoisotopic (exact) mass is 630 g/mol. The van der Waals surface area contributed by atoms with Gasteiger partial charge in [0.25, 0.3) is 0 Å². The Balaban J connectivity index is 1.41. The van der Waals surface area contributed by atoms with Crippen LogP contribution in [-0.2, 0) is 15.0 Å². The van der Waals surface area contributed by atoms with E-state index in [1.807, 2.05) is 97.2 Å². The highest BCUT2D eigenvalue weighted by molar-refractivity contribution is 14.1. The summed E-state index contributed by atoms with van der Waals surface area (Å²) in [6.45, 7) is 0. The van der Waals surface area contributed by atoms with Crippen LogP contribution in [0.4, 0.5) is 11.4 Å². The fraction of sp³-hybridized carbons (Fsp3) is 0.114. The van der Waals surface area contributed by atoms with Crippen molar-refractivity contribution < 1.29 is 9.59 Å². The van der Waals surface area contributed by atoms with Crippen LogP contribution in [0.3, 0.4) is 0 Å². The molecule has 0 radical (unpaired) electrons. The second-order valence-corrected chi connectivity index (χ2v) is 11.9. The molecule has 5 aromatic rings. The molecule has 0 spiro atoms. The highest BCUT2D eigenvalue weighted by atomic mass is 127. The van der Waals surface area contributed by atoms with E-state index in [2.05, 4.69) is 46.9 Å². The third-order valence-corrected chi connectivity index (χ3v) is 9.86. The van der Waals surface area contributed by atoms with Gasteiger partial charge in [0.2, 0.25) is 11.8 Å². The SMILES string of the molecule is O=C1[C@@H]2[C@@H](C(=O)N1c1cccc3ccccc13)C1c3ccccc3C2(C=Nc2ccccc2I)c2ccccc21. The van der Waals surface area contributed by atoms with Crippen LogP contribution in [0.5, 0.6) is 0 Å². The van der Waals surface area contributed by atoms with Crippen LogP contribution < -0.4 is 4.90 Å². The standard InChI is InChI=1S/C35H23IN2O2/c36-27-17-7-8-18-28(27)37-20-35-25-15-5-3-13-23(25)30(24-14-4-6-16-26(24)35)31-32(35)34(40)38(33(31)39)29-19-9-11-21-10-1-2-12-22(21)29/h1-20,30-32H/t30?,31-,32-,35?/m0/s1. The van der Waals surface area contributed by atoms with E-state index in [0.29, 0.717) is 5.69 Å². The van der Waals surface area contributed by atoms with Crippen LogP contribution in [0.25, 0.3) is 10.8 Å². The molecular weight excluding hydrogens is 607 g/mol. The number of carbonyl (C=O) groups is 2. The molecule has 4 aliphatic rings. The Labute approximate surface area is 245 Å². The van der Waals surface area contributed by atoms with Gasteiger partial charge in [0, 0.05) is 21.1 Å². The number of aliphatic imine (C=N–C) groups is 1. The van der Waals surface area contributed by atoms with Gasteiger partial charge in [0.15, 0.2) is 0 Å². The van der Waals surface area contributed by atoms with Crippen molar-refractivity contribution in [1.29, 1.82) is 0 Å². The molecule has 9 rings (SSSR count). The molecule has 0 saturated carbocycles. The Kier molecular flexibility index (Phi) is 5.17. The van der Waals surface area contributed by atoms with Crippen molar-refractivity contribution in [2.75, 3.05) is 4.90 Å². The van der Waals surface area contributed by atoms with Gasteiger partial charge in [0.1, 0.15) is 0 Å². The van der Waals surface area contributed by atoms with Crippen molar-refractivity contribution >= 4 is 62.8 Å². The minimum Gasteiger partial charge on any atom is -0.274 e. The highest BCUT2D eigenvalue weighted by Gasteiger charge is 2.68. The summed E-state index contributed by atoms with van der Waals surface area (Å²) in [5, 5.41) is 1.90. The minimum absolute atomic E-state index is 0.132. The lowest BCUT2D eigenvalue weighted by molar-refractivity contribution is -0.122. The van der Waals surface area contributed by atoms with E-state index in [9.17, 15) is 9.59 Å². The van der Waals surface area contributed by atoms with Gasteiger partial charge < -0.3 is 0 Å². The topological polar surface area (TPSA) is 49.7 Å². The van der Waals surface area contributed by atoms with E-state index < -0.39 is 17.3 Å². The predicted molar refractivity (Wildman–Crippen MR) is 166 cm³/mol. The van der Waals surface area contributed by atoms with E-state index in [-0.39, 0.29) is 17.7 Å². The van der Waals surface area contributed by atoms with Gasteiger partial charge in [-0.25, -0.2) is 4.90 Å². The summed E-state index contributed by atoms with van der Waals surface area (Å²) in [4.78, 5) is 35.8. The smallest absolute Gasteiger partial charge is 0.239 e. The fourth-order valence-electron chi connectivity index (χ4n) is 7.42. The van der Waals surface area contributed by atoms with Crippen LogP contribution in [0.15, 0.2) is 120 Å². The molecule has 5 aromatic carbocycles. The van der Waals surface area contributed by atoms with Crippen molar-refractivity contribution in [2.24, 2.45) is 16.8 Å². The Morgan fingerprint density at radius 3 is 2.08 bits per heavy atom. The number of halogens is 1. The van der Waals surface area contributed by atoms with Gasteiger partial charge in [-0.1, -0.05) is 97.1 Å². The largest absolute Gasteiger partial charge is 0.274 e. The third kappa shape index (κ3) is 3.04. The summed E-state index contributed by atoms with van der Waals surface area (Å²) in [6, 6.07) is 38.4. The van der Waals surface area contributed by atoms with Gasteiger partial charge in [-0.15, -0.1) is 0 Å². The minimum atomic E-state index is -0.877. The van der Waals surface area contributed by atoms with Crippen LogP contribution in [0.2, 0.25) is 0 Å². The van der Waals surface area contributed by atoms with Crippen LogP contribution >= 0.6 is 22.6 Å². The van der Waals surface area contributed by atoms with Gasteiger partial charge in [0.05, 0.1) is 28.6 Å². The average Bonchev–Trinajstić information content (AvgIpc) is 3.27. The molecule has 2 bridgehead atoms. The van der Waals surface area contributed by atoms with Crippen molar-refractivity contribution in [3.63, 3.8) is 0 Å². The molecule has 3 aliphatic carbocycles. The molecular formula is C35H23IN2O2. The molecule has 0 N–H and O–H groups in total. The van der Waals surface area contributed by atoms with Crippen molar-refractivity contribution in [2.45, 2.75) is 11.3 Å². The van der Waals surface area contributed by atoms with E-state index in [1.54, 1.807) is 0 Å². The zero-order valence-corrected chi connectivity index (χ0v) is 23.5. The Bertz CT molecular complexity index is 1860. The van der Waals surface area contributed by atoms with E-state index in [4.69, 9.17) is 4.99 Å². The van der Waals surface area contributed by atoms with Crippen molar-refractivity contribution in [3.05, 3.63) is 141 Å². The number of carbonyl (C=O) groups excluding carboxylic acids is 2. The summed E-state index contributed by atoms with van der Waals surface area (Å²) in [6.07, 6.45) is 1.97. The lowest BCUT2D eigenvalue weighted by atomic mass is 9.47. The molecule has 0 aromatic heterocycles. The second kappa shape index (κ2) is 8.70. The molecule has 0 unspecified atom stereocenters. The molecule has 192 valence electrons. The number of rotatable bonds is 3. The van der Waals surface area contributed by atoms with Gasteiger partial charge in [-0.3, -0.25) is 14.6 Å². The lowest BCUT2D eigenvalue weighted by Gasteiger charge is -2.52. The number of anilines is 1. The lowest BCUT2D eigenvalue weighted by Crippen LogP contribution is -2.54. The van der Waals surface area contributed by atoms with Crippen LogP contribution in [-0.4, -0.2) is 18.0 Å². The third-order valence-electron chi connectivity index (χ3n) is 8.95. The summed E-state index contributed by atoms with van der Waals surface area (Å²) in [7, 11) is 0. The molecule has 1 aliphatic heterocycles.